The van der Waals surface area contributed by atoms with Crippen LogP contribution >= 0.6 is 0 Å². The Hall–Kier alpha value is -1.28. The second-order valence-electron chi connectivity index (χ2n) is 5.32. The molecule has 1 aromatic heterocycles. The average Bonchev–Trinajstić information content (AvgIpc) is 2.86. The molecule has 1 aliphatic rings. The first-order valence-corrected chi connectivity index (χ1v) is 6.00. The molecule has 3 rings (SSSR count). The van der Waals surface area contributed by atoms with Crippen LogP contribution in [0, 0.1) is 0 Å². The molecule has 1 fully saturated rings. The third kappa shape index (κ3) is 1.37. The van der Waals surface area contributed by atoms with Crippen molar-refractivity contribution in [2.45, 2.75) is 38.1 Å². The van der Waals surface area contributed by atoms with E-state index in [1.165, 1.54) is 22.0 Å². The number of benzene rings is 1. The summed E-state index contributed by atoms with van der Waals surface area (Å²) >= 11 is 0. The van der Waals surface area contributed by atoms with Crippen molar-refractivity contribution in [1.29, 1.82) is 0 Å². The Balaban J connectivity index is 2.19. The quantitative estimate of drug-likeness (QED) is 0.791. The highest BCUT2D eigenvalue weighted by molar-refractivity contribution is 5.85. The molecule has 1 aliphatic carbocycles. The third-order valence-corrected chi connectivity index (χ3v) is 3.70. The van der Waals surface area contributed by atoms with Gasteiger partial charge in [0, 0.05) is 22.6 Å². The highest BCUT2D eigenvalue weighted by Crippen LogP contribution is 2.45. The molecule has 0 saturated heterocycles. The number of hydrogen-bond donors (Lipinski definition) is 2. The first-order chi connectivity index (χ1) is 7.60. The second kappa shape index (κ2) is 3.11. The Labute approximate surface area is 95.8 Å². The average molecular weight is 214 g/mol. The summed E-state index contributed by atoms with van der Waals surface area (Å²) in [6.07, 6.45) is 4.32. The first-order valence-electron chi connectivity index (χ1n) is 6.00. The normalized spacial score (nSPS) is 18.2. The number of fused-ring (bicyclic) bond motifs is 1. The summed E-state index contributed by atoms with van der Waals surface area (Å²) in [6, 6.07) is 6.65. The van der Waals surface area contributed by atoms with Crippen molar-refractivity contribution in [1.82, 2.24) is 4.98 Å². The highest BCUT2D eigenvalue weighted by atomic mass is 14.8. The summed E-state index contributed by atoms with van der Waals surface area (Å²) in [7, 11) is 0. The largest absolute Gasteiger partial charge is 0.361 e. The van der Waals surface area contributed by atoms with Crippen LogP contribution in [0.3, 0.4) is 0 Å². The number of H-pyrrole nitrogens is 1. The Morgan fingerprint density at radius 2 is 2.06 bits per heavy atom. The molecule has 0 aliphatic heterocycles. The Morgan fingerprint density at radius 1 is 1.31 bits per heavy atom. The van der Waals surface area contributed by atoms with Gasteiger partial charge in [-0.3, -0.25) is 0 Å². The van der Waals surface area contributed by atoms with Gasteiger partial charge in [0.1, 0.15) is 0 Å². The van der Waals surface area contributed by atoms with Crippen LogP contribution in [0.4, 0.5) is 0 Å². The lowest BCUT2D eigenvalue weighted by molar-refractivity contribution is 0.747. The zero-order valence-electron chi connectivity index (χ0n) is 9.88. The lowest BCUT2D eigenvalue weighted by atomic mass is 9.98. The van der Waals surface area contributed by atoms with Crippen LogP contribution in [-0.4, -0.2) is 4.98 Å². The van der Waals surface area contributed by atoms with Gasteiger partial charge < -0.3 is 10.7 Å². The van der Waals surface area contributed by atoms with E-state index in [2.05, 4.69) is 43.2 Å². The summed E-state index contributed by atoms with van der Waals surface area (Å²) in [5.41, 5.74) is 10.1. The van der Waals surface area contributed by atoms with Crippen molar-refractivity contribution in [3.8, 4) is 0 Å². The topological polar surface area (TPSA) is 41.8 Å². The predicted octanol–water partition coefficient (Wildman–Crippen LogP) is 3.24. The first kappa shape index (κ1) is 9.91. The lowest BCUT2D eigenvalue weighted by Gasteiger charge is -2.09. The number of nitrogens with one attached hydrogen (secondary N) is 1. The van der Waals surface area contributed by atoms with E-state index >= 15 is 0 Å². The van der Waals surface area contributed by atoms with Gasteiger partial charge in [0.15, 0.2) is 0 Å². The van der Waals surface area contributed by atoms with E-state index in [1.807, 2.05) is 0 Å². The number of nitrogens with two attached hydrogens (primary N) is 1. The molecule has 1 saturated carbocycles. The second-order valence-corrected chi connectivity index (χ2v) is 5.32. The van der Waals surface area contributed by atoms with Crippen molar-refractivity contribution >= 4 is 10.9 Å². The van der Waals surface area contributed by atoms with Crippen molar-refractivity contribution in [3.05, 3.63) is 35.5 Å². The Kier molecular flexibility index (Phi) is 1.93. The fourth-order valence-corrected chi connectivity index (χ4v) is 2.31. The molecular weight excluding hydrogens is 196 g/mol. The fraction of sp³-hybridized carbons (Fsp3) is 0.429. The van der Waals surface area contributed by atoms with Gasteiger partial charge in [-0.25, -0.2) is 0 Å². The molecule has 0 radical (unpaired) electrons. The van der Waals surface area contributed by atoms with Gasteiger partial charge in [-0.15, -0.1) is 0 Å². The van der Waals surface area contributed by atoms with Gasteiger partial charge in [-0.1, -0.05) is 19.9 Å². The fourth-order valence-electron chi connectivity index (χ4n) is 2.31. The van der Waals surface area contributed by atoms with Gasteiger partial charge >= 0.3 is 0 Å². The highest BCUT2D eigenvalue weighted by Gasteiger charge is 2.41. The van der Waals surface area contributed by atoms with Crippen molar-refractivity contribution < 1.29 is 0 Å². The third-order valence-electron chi connectivity index (χ3n) is 3.70. The molecule has 2 aromatic rings. The molecule has 1 heterocycles. The smallest absolute Gasteiger partial charge is 0.0457 e. The van der Waals surface area contributed by atoms with Crippen LogP contribution in [0.2, 0.25) is 0 Å². The maximum Gasteiger partial charge on any atom is 0.0457 e. The molecule has 16 heavy (non-hydrogen) atoms. The van der Waals surface area contributed by atoms with Crippen LogP contribution in [0.1, 0.15) is 43.7 Å². The molecule has 0 atom stereocenters. The van der Waals surface area contributed by atoms with Gasteiger partial charge in [0.05, 0.1) is 0 Å². The number of aromatic nitrogens is 1. The predicted molar refractivity (Wildman–Crippen MR) is 67.5 cm³/mol. The van der Waals surface area contributed by atoms with E-state index < -0.39 is 0 Å². The molecule has 1 aromatic carbocycles. The molecule has 0 unspecified atom stereocenters. The van der Waals surface area contributed by atoms with E-state index in [-0.39, 0.29) is 5.54 Å². The van der Waals surface area contributed by atoms with Gasteiger partial charge in [0.2, 0.25) is 0 Å². The van der Waals surface area contributed by atoms with Crippen LogP contribution in [0.15, 0.2) is 24.4 Å². The van der Waals surface area contributed by atoms with Gasteiger partial charge in [-0.05, 0) is 42.0 Å². The van der Waals surface area contributed by atoms with Crippen LogP contribution < -0.4 is 5.73 Å². The summed E-state index contributed by atoms with van der Waals surface area (Å²) in [4.78, 5) is 3.32. The minimum Gasteiger partial charge on any atom is -0.361 e. The van der Waals surface area contributed by atoms with E-state index in [4.69, 9.17) is 5.73 Å². The molecule has 0 bridgehead atoms. The maximum absolute atomic E-state index is 6.28. The summed E-state index contributed by atoms with van der Waals surface area (Å²) in [5.74, 6) is 0.570. The van der Waals surface area contributed by atoms with Gasteiger partial charge in [0.25, 0.3) is 0 Å². The summed E-state index contributed by atoms with van der Waals surface area (Å²) in [5, 5.41) is 1.31. The minimum absolute atomic E-state index is 0.0478. The van der Waals surface area contributed by atoms with E-state index in [9.17, 15) is 0 Å². The standard InChI is InChI=1S/C14H18N2/c1-9(2)10-3-4-13-11(7-10)12(8-16-13)14(15)5-6-14/h3-4,7-9,16H,5-6,15H2,1-2H3. The van der Waals surface area contributed by atoms with Crippen LogP contribution in [-0.2, 0) is 5.54 Å². The molecule has 2 nitrogen and oxygen atoms in total. The minimum atomic E-state index is -0.0478. The van der Waals surface area contributed by atoms with Gasteiger partial charge in [-0.2, -0.15) is 0 Å². The van der Waals surface area contributed by atoms with Crippen LogP contribution in [0.5, 0.6) is 0 Å². The number of aromatic amines is 1. The van der Waals surface area contributed by atoms with E-state index in [0.717, 1.165) is 12.8 Å². The van der Waals surface area contributed by atoms with Crippen LogP contribution in [0.25, 0.3) is 10.9 Å². The SMILES string of the molecule is CC(C)c1ccc2[nH]cc(C3(N)CC3)c2c1. The van der Waals surface area contributed by atoms with Crippen molar-refractivity contribution in [2.24, 2.45) is 5.73 Å². The van der Waals surface area contributed by atoms with Crippen molar-refractivity contribution in [2.75, 3.05) is 0 Å². The van der Waals surface area contributed by atoms with Crippen molar-refractivity contribution in [3.63, 3.8) is 0 Å². The number of hydrogen-bond acceptors (Lipinski definition) is 1. The molecule has 0 spiro atoms. The molecular formula is C14H18N2. The zero-order chi connectivity index (χ0) is 11.3. The maximum atomic E-state index is 6.28. The van der Waals surface area contributed by atoms with E-state index in [1.54, 1.807) is 0 Å². The Morgan fingerprint density at radius 3 is 2.69 bits per heavy atom. The molecule has 84 valence electrons. The van der Waals surface area contributed by atoms with E-state index in [0.29, 0.717) is 5.92 Å². The molecule has 2 heteroatoms. The summed E-state index contributed by atoms with van der Waals surface area (Å²) in [6.45, 7) is 4.45. The molecule has 3 N–H and O–H groups in total. The lowest BCUT2D eigenvalue weighted by Crippen LogP contribution is -2.17. The monoisotopic (exact) mass is 214 g/mol. The zero-order valence-corrected chi connectivity index (χ0v) is 9.88. The molecule has 0 amide bonds. The number of rotatable bonds is 2. The Bertz CT molecular complexity index is 533. The summed E-state index contributed by atoms with van der Waals surface area (Å²) < 4.78 is 0.